The standard InChI is InChI=1S/C30H28F3N7O/c1-16-9-17(4-5-19-21-13-39(8-6-31)14-22(19)21)10-23(36-16)30(41)38-28(26-24-11-18(32)12-40(24)15-35-26)27-25(33)20-3-2-7-34-29(20)37-27/h2-3,7,9-10,15,18-19,21-22,28H,6,8,11-14H2,1H3,(H,34,37)(H,38,41)/t18-,19?,21-,22+,28?/m1/s1. The number of amides is 1. The Morgan fingerprint density at radius 1 is 1.24 bits per heavy atom. The van der Waals surface area contributed by atoms with Crippen molar-refractivity contribution in [3.8, 4) is 11.8 Å². The molecule has 210 valence electrons. The number of carbonyl (C=O) groups excluding carboxylic acids is 1. The van der Waals surface area contributed by atoms with Gasteiger partial charge in [-0.1, -0.05) is 11.8 Å². The van der Waals surface area contributed by atoms with Crippen LogP contribution in [0.3, 0.4) is 0 Å². The highest BCUT2D eigenvalue weighted by Gasteiger charge is 2.54. The molecule has 8 nitrogen and oxygen atoms in total. The van der Waals surface area contributed by atoms with E-state index in [9.17, 15) is 13.6 Å². The molecule has 1 saturated heterocycles. The van der Waals surface area contributed by atoms with Gasteiger partial charge in [-0.3, -0.25) is 4.79 Å². The fourth-order valence-corrected chi connectivity index (χ4v) is 6.38. The van der Waals surface area contributed by atoms with Crippen LogP contribution in [0.4, 0.5) is 13.2 Å². The van der Waals surface area contributed by atoms with Crippen LogP contribution in [-0.2, 0) is 13.0 Å². The van der Waals surface area contributed by atoms with Gasteiger partial charge < -0.3 is 19.8 Å². The lowest BCUT2D eigenvalue weighted by Gasteiger charge is -2.18. The first-order chi connectivity index (χ1) is 19.9. The minimum absolute atomic E-state index is 0.0885. The molecule has 1 aliphatic carbocycles. The molecule has 2 aliphatic heterocycles. The van der Waals surface area contributed by atoms with Gasteiger partial charge in [0.15, 0.2) is 5.82 Å². The maximum Gasteiger partial charge on any atom is 0.270 e. The maximum atomic E-state index is 15.6. The van der Waals surface area contributed by atoms with Crippen molar-refractivity contribution in [3.63, 3.8) is 0 Å². The number of pyridine rings is 2. The van der Waals surface area contributed by atoms with Gasteiger partial charge in [-0.25, -0.2) is 28.1 Å². The van der Waals surface area contributed by atoms with Crippen LogP contribution in [0, 0.1) is 42.3 Å². The van der Waals surface area contributed by atoms with Gasteiger partial charge in [0.1, 0.15) is 30.2 Å². The lowest BCUT2D eigenvalue weighted by molar-refractivity contribution is 0.0936. The molecule has 5 atom stereocenters. The fourth-order valence-electron chi connectivity index (χ4n) is 6.38. The molecular formula is C30H28F3N7O. The summed E-state index contributed by atoms with van der Waals surface area (Å²) >= 11 is 0. The second-order valence-corrected chi connectivity index (χ2v) is 11.1. The zero-order valence-electron chi connectivity index (χ0n) is 22.4. The molecule has 1 amide bonds. The number of nitrogens with one attached hydrogen (secondary N) is 2. The van der Waals surface area contributed by atoms with Crippen molar-refractivity contribution in [1.29, 1.82) is 0 Å². The first-order valence-corrected chi connectivity index (χ1v) is 13.8. The van der Waals surface area contributed by atoms with Gasteiger partial charge in [-0.2, -0.15) is 0 Å². The van der Waals surface area contributed by atoms with E-state index in [2.05, 4.69) is 42.0 Å². The van der Waals surface area contributed by atoms with Crippen LogP contribution >= 0.6 is 0 Å². The van der Waals surface area contributed by atoms with E-state index in [0.717, 1.165) is 13.1 Å². The van der Waals surface area contributed by atoms with Gasteiger partial charge in [0.05, 0.1) is 29.6 Å². The van der Waals surface area contributed by atoms with Crippen LogP contribution in [0.5, 0.6) is 0 Å². The summed E-state index contributed by atoms with van der Waals surface area (Å²) in [4.78, 5) is 31.8. The van der Waals surface area contributed by atoms with Crippen LogP contribution in [0.25, 0.3) is 11.0 Å². The van der Waals surface area contributed by atoms with Crippen LogP contribution < -0.4 is 5.32 Å². The van der Waals surface area contributed by atoms with Gasteiger partial charge in [0.2, 0.25) is 0 Å². The summed E-state index contributed by atoms with van der Waals surface area (Å²) in [6.07, 6.45) is 2.12. The monoisotopic (exact) mass is 559 g/mol. The van der Waals surface area contributed by atoms with Crippen molar-refractivity contribution < 1.29 is 18.0 Å². The molecule has 6 heterocycles. The number of hydrogen-bond acceptors (Lipinski definition) is 5. The van der Waals surface area contributed by atoms with E-state index < -0.39 is 23.9 Å². The number of aromatic amines is 1. The quantitative estimate of drug-likeness (QED) is 0.353. The summed E-state index contributed by atoms with van der Waals surface area (Å²) in [5.41, 5.74) is 2.82. The molecule has 0 radical (unpaired) electrons. The van der Waals surface area contributed by atoms with Gasteiger partial charge >= 0.3 is 0 Å². The van der Waals surface area contributed by atoms with Crippen LogP contribution in [0.15, 0.2) is 36.8 Å². The number of aryl methyl sites for hydroxylation is 1. The van der Waals surface area contributed by atoms with Crippen LogP contribution in [0.2, 0.25) is 0 Å². The SMILES string of the molecule is Cc1cc(C#CC2[C@H]3CN(CCF)C[C@@H]23)cc(C(=O)NC(c2ncn3c2C[C@@H](F)C3)c2[nH]c3ncccc3c2F)n1. The Kier molecular flexibility index (Phi) is 6.31. The fraction of sp³-hybridized carbons (Fsp3) is 0.400. The Labute approximate surface area is 234 Å². The van der Waals surface area contributed by atoms with E-state index in [0.29, 0.717) is 46.7 Å². The molecule has 0 spiro atoms. The molecule has 7 rings (SSSR count). The van der Waals surface area contributed by atoms with E-state index in [1.165, 1.54) is 6.33 Å². The number of piperidine rings is 1. The summed E-state index contributed by atoms with van der Waals surface area (Å²) in [6, 6.07) is 5.66. The Bertz CT molecular complexity index is 1710. The zero-order valence-corrected chi connectivity index (χ0v) is 22.4. The lowest BCUT2D eigenvalue weighted by Crippen LogP contribution is -2.32. The minimum Gasteiger partial charge on any atom is -0.339 e. The second kappa shape index (κ2) is 10.0. The number of H-pyrrole nitrogens is 1. The van der Waals surface area contributed by atoms with Crippen molar-refractivity contribution in [2.75, 3.05) is 26.3 Å². The molecule has 41 heavy (non-hydrogen) atoms. The topological polar surface area (TPSA) is 91.7 Å². The summed E-state index contributed by atoms with van der Waals surface area (Å²) in [5.74, 6) is 6.67. The molecule has 11 heteroatoms. The van der Waals surface area contributed by atoms with E-state index in [4.69, 9.17) is 0 Å². The Morgan fingerprint density at radius 2 is 2.07 bits per heavy atom. The third kappa shape index (κ3) is 4.66. The van der Waals surface area contributed by atoms with Gasteiger partial charge in [-0.05, 0) is 43.0 Å². The predicted molar refractivity (Wildman–Crippen MR) is 145 cm³/mol. The molecule has 1 saturated carbocycles. The number of imidazole rings is 1. The molecule has 0 aromatic carbocycles. The van der Waals surface area contributed by atoms with Gasteiger partial charge in [0, 0.05) is 55.1 Å². The first-order valence-electron chi connectivity index (χ1n) is 13.8. The highest BCUT2D eigenvalue weighted by molar-refractivity contribution is 5.93. The number of alkyl halides is 2. The average molecular weight is 560 g/mol. The van der Waals surface area contributed by atoms with E-state index in [-0.39, 0.29) is 42.3 Å². The highest BCUT2D eigenvalue weighted by Crippen LogP contribution is 2.51. The molecule has 3 aliphatic rings. The third-order valence-corrected chi connectivity index (χ3v) is 8.40. The summed E-state index contributed by atoms with van der Waals surface area (Å²) in [6.45, 7) is 3.84. The van der Waals surface area contributed by atoms with E-state index >= 15 is 4.39 Å². The Morgan fingerprint density at radius 3 is 2.85 bits per heavy atom. The van der Waals surface area contributed by atoms with E-state index in [1.807, 2.05) is 6.07 Å². The van der Waals surface area contributed by atoms with Crippen molar-refractivity contribution >= 4 is 16.9 Å². The number of likely N-dealkylation sites (tertiary alicyclic amines) is 1. The van der Waals surface area contributed by atoms with Gasteiger partial charge in [-0.15, -0.1) is 0 Å². The number of hydrogen-bond donors (Lipinski definition) is 2. The third-order valence-electron chi connectivity index (χ3n) is 8.40. The van der Waals surface area contributed by atoms with E-state index in [1.54, 1.807) is 35.9 Å². The highest BCUT2D eigenvalue weighted by atomic mass is 19.1. The molecule has 4 aromatic rings. The minimum atomic E-state index is -1.07. The number of carbonyl (C=O) groups is 1. The molecule has 2 fully saturated rings. The molecule has 4 aromatic heterocycles. The lowest BCUT2D eigenvalue weighted by atomic mass is 10.1. The van der Waals surface area contributed by atoms with Crippen molar-refractivity contribution in [3.05, 3.63) is 76.6 Å². The first kappa shape index (κ1) is 25.8. The summed E-state index contributed by atoms with van der Waals surface area (Å²) in [5, 5.41) is 3.18. The average Bonchev–Trinajstić information content (AvgIpc) is 3.41. The number of rotatable bonds is 6. The largest absolute Gasteiger partial charge is 0.339 e. The van der Waals surface area contributed by atoms with Crippen LogP contribution in [0.1, 0.15) is 44.9 Å². The molecule has 0 bridgehead atoms. The Hall–Kier alpha value is -4.17. The zero-order chi connectivity index (χ0) is 28.2. The number of fused-ring (bicyclic) bond motifs is 3. The number of halogens is 3. The Balaban J connectivity index is 1.17. The van der Waals surface area contributed by atoms with Gasteiger partial charge in [0.25, 0.3) is 5.91 Å². The van der Waals surface area contributed by atoms with Crippen LogP contribution in [-0.4, -0.2) is 67.8 Å². The van der Waals surface area contributed by atoms with Crippen molar-refractivity contribution in [2.24, 2.45) is 17.8 Å². The normalized spacial score (nSPS) is 23.6. The summed E-state index contributed by atoms with van der Waals surface area (Å²) < 4.78 is 44.2. The summed E-state index contributed by atoms with van der Waals surface area (Å²) in [7, 11) is 0. The smallest absolute Gasteiger partial charge is 0.270 e. The second-order valence-electron chi connectivity index (χ2n) is 11.1. The molecule has 2 unspecified atom stereocenters. The number of aromatic nitrogens is 5. The number of nitrogens with zero attached hydrogens (tertiary/aromatic N) is 5. The predicted octanol–water partition coefficient (Wildman–Crippen LogP) is 3.51. The maximum absolute atomic E-state index is 15.6. The van der Waals surface area contributed by atoms with Crippen molar-refractivity contribution in [2.45, 2.75) is 32.1 Å². The molecule has 2 N–H and O–H groups in total. The van der Waals surface area contributed by atoms with Crippen molar-refractivity contribution in [1.82, 2.24) is 34.7 Å². The molecular weight excluding hydrogens is 531 g/mol.